The molecule has 0 aliphatic carbocycles. The molecule has 0 radical (unpaired) electrons. The summed E-state index contributed by atoms with van der Waals surface area (Å²) < 4.78 is 46.2. The zero-order valence-electron chi connectivity index (χ0n) is 20.5. The lowest BCUT2D eigenvalue weighted by molar-refractivity contribution is -0.137. The molecule has 0 N–H and O–H groups in total. The number of thiophene rings is 4. The van der Waals surface area contributed by atoms with E-state index in [0.717, 1.165) is 22.6 Å². The number of hydrogen-bond acceptors (Lipinski definition) is 4. The van der Waals surface area contributed by atoms with Crippen molar-refractivity contribution in [1.82, 2.24) is 0 Å². The molecule has 192 valence electrons. The van der Waals surface area contributed by atoms with Gasteiger partial charge in [-0.05, 0) is 66.6 Å². The minimum Gasteiger partial charge on any atom is -0.166 e. The van der Waals surface area contributed by atoms with Crippen LogP contribution in [0.4, 0.5) is 13.2 Å². The maximum atomic E-state index is 12.8. The molecule has 4 heterocycles. The van der Waals surface area contributed by atoms with Gasteiger partial charge in [-0.3, -0.25) is 0 Å². The minimum absolute atomic E-state index is 0.627. The summed E-state index contributed by atoms with van der Waals surface area (Å²) in [5, 5.41) is 2.59. The molecule has 7 rings (SSSR count). The van der Waals surface area contributed by atoms with Crippen molar-refractivity contribution in [3.63, 3.8) is 0 Å². The average Bonchev–Trinajstić information content (AvgIpc) is 3.65. The third kappa shape index (κ3) is 4.74. The van der Waals surface area contributed by atoms with E-state index < -0.39 is 11.7 Å². The predicted octanol–water partition coefficient (Wildman–Crippen LogP) is 12.2. The topological polar surface area (TPSA) is 0 Å². The second-order valence-corrected chi connectivity index (χ2v) is 13.8. The van der Waals surface area contributed by atoms with Crippen molar-refractivity contribution in [2.24, 2.45) is 0 Å². The van der Waals surface area contributed by atoms with Crippen LogP contribution in [0.5, 0.6) is 0 Å². The molecule has 0 aliphatic rings. The van der Waals surface area contributed by atoms with Crippen LogP contribution in [0.2, 0.25) is 0 Å². The lowest BCUT2D eigenvalue weighted by Gasteiger charge is -2.05. The Bertz CT molecular complexity index is 2040. The highest BCUT2D eigenvalue weighted by Gasteiger charge is 2.29. The zero-order chi connectivity index (χ0) is 26.7. The van der Waals surface area contributed by atoms with E-state index in [4.69, 9.17) is 0 Å². The third-order valence-electron chi connectivity index (χ3n) is 6.64. The van der Waals surface area contributed by atoms with Crippen molar-refractivity contribution in [2.45, 2.75) is 13.1 Å². The Labute approximate surface area is 238 Å². The van der Waals surface area contributed by atoms with E-state index in [9.17, 15) is 13.2 Å². The molecule has 0 unspecified atom stereocenters. The van der Waals surface area contributed by atoms with E-state index in [-0.39, 0.29) is 0 Å². The molecule has 0 nitrogen and oxygen atoms in total. The second-order valence-electron chi connectivity index (χ2n) is 9.43. The maximum absolute atomic E-state index is 12.8. The van der Waals surface area contributed by atoms with Crippen molar-refractivity contribution < 1.29 is 13.2 Å². The molecule has 0 saturated heterocycles. The molecular formula is C32H19F3S4. The van der Waals surface area contributed by atoms with Gasteiger partial charge in [0, 0.05) is 39.3 Å². The predicted molar refractivity (Wildman–Crippen MR) is 168 cm³/mol. The first kappa shape index (κ1) is 24.8. The van der Waals surface area contributed by atoms with Gasteiger partial charge in [0.25, 0.3) is 0 Å². The van der Waals surface area contributed by atoms with Crippen LogP contribution in [0.1, 0.15) is 32.0 Å². The molecule has 0 aliphatic heterocycles. The lowest BCUT2D eigenvalue weighted by atomic mass is 10.1. The lowest BCUT2D eigenvalue weighted by Crippen LogP contribution is -2.03. The van der Waals surface area contributed by atoms with E-state index >= 15 is 0 Å². The standard InChI is InChI=1S/C32H19F3S4/c1-18-2-4-19(5-3-18)8-12-22-14-28-30(36-22)24-16-27-25(17-26(24)38-28)31-29(39-27)15-23(37-31)13-9-20-6-10-21(11-7-20)32(33,34)35/h2-17H,1H3/b12-8+,13-9+. The highest BCUT2D eigenvalue weighted by atomic mass is 32.1. The zero-order valence-corrected chi connectivity index (χ0v) is 23.8. The first-order valence-corrected chi connectivity index (χ1v) is 15.5. The quantitative estimate of drug-likeness (QED) is 0.192. The first-order chi connectivity index (χ1) is 18.8. The van der Waals surface area contributed by atoms with E-state index in [1.807, 2.05) is 34.8 Å². The third-order valence-corrected chi connectivity index (χ3v) is 11.4. The van der Waals surface area contributed by atoms with Crippen LogP contribution < -0.4 is 0 Å². The van der Waals surface area contributed by atoms with Gasteiger partial charge < -0.3 is 0 Å². The molecule has 0 amide bonds. The molecule has 0 saturated carbocycles. The van der Waals surface area contributed by atoms with E-state index in [2.05, 4.69) is 67.6 Å². The Balaban J connectivity index is 1.18. The van der Waals surface area contributed by atoms with Crippen LogP contribution in [0.15, 0.2) is 72.8 Å². The second kappa shape index (κ2) is 9.45. The largest absolute Gasteiger partial charge is 0.416 e. The number of rotatable bonds is 4. The van der Waals surface area contributed by atoms with Gasteiger partial charge in [-0.2, -0.15) is 13.2 Å². The van der Waals surface area contributed by atoms with Gasteiger partial charge in [0.05, 0.1) is 15.0 Å². The molecule has 7 heteroatoms. The smallest absolute Gasteiger partial charge is 0.166 e. The molecule has 39 heavy (non-hydrogen) atoms. The van der Waals surface area contributed by atoms with Gasteiger partial charge in [0.2, 0.25) is 0 Å². The molecule has 3 aromatic carbocycles. The summed E-state index contributed by atoms with van der Waals surface area (Å²) in [4.78, 5) is 2.35. The Morgan fingerprint density at radius 2 is 1.00 bits per heavy atom. The highest BCUT2D eigenvalue weighted by molar-refractivity contribution is 7.34. The number of fused-ring (bicyclic) bond motifs is 6. The summed E-state index contributed by atoms with van der Waals surface area (Å²) in [6.45, 7) is 2.10. The summed E-state index contributed by atoms with van der Waals surface area (Å²) in [6.07, 6.45) is 3.91. The van der Waals surface area contributed by atoms with Crippen molar-refractivity contribution in [3.8, 4) is 0 Å². The molecule has 4 aromatic heterocycles. The Morgan fingerprint density at radius 3 is 1.46 bits per heavy atom. The van der Waals surface area contributed by atoms with E-state index in [0.29, 0.717) is 0 Å². The fourth-order valence-electron chi connectivity index (χ4n) is 4.61. The Hall–Kier alpha value is -3.23. The van der Waals surface area contributed by atoms with Gasteiger partial charge in [0.1, 0.15) is 0 Å². The van der Waals surface area contributed by atoms with Crippen molar-refractivity contribution in [3.05, 3.63) is 105 Å². The molecular weight excluding hydrogens is 570 g/mol. The fraction of sp³-hybridized carbons (Fsp3) is 0.0625. The minimum atomic E-state index is -4.31. The van der Waals surface area contributed by atoms with Crippen LogP contribution in [0, 0.1) is 6.92 Å². The SMILES string of the molecule is Cc1ccc(/C=C/c2cc3sc4cc5c(cc4c3s2)sc2cc(/C=C/c3ccc(C(F)(F)F)cc3)sc25)cc1. The first-order valence-electron chi connectivity index (χ1n) is 12.2. The van der Waals surface area contributed by atoms with Gasteiger partial charge >= 0.3 is 6.18 Å². The average molecular weight is 589 g/mol. The number of hydrogen-bond donors (Lipinski definition) is 0. The van der Waals surface area contributed by atoms with Gasteiger partial charge in [0.15, 0.2) is 0 Å². The number of halogens is 3. The van der Waals surface area contributed by atoms with Crippen LogP contribution in [0.3, 0.4) is 0 Å². The van der Waals surface area contributed by atoms with Crippen molar-refractivity contribution >= 4 is 109 Å². The fourth-order valence-corrected chi connectivity index (χ4v) is 9.51. The maximum Gasteiger partial charge on any atom is 0.416 e. The monoisotopic (exact) mass is 588 g/mol. The molecule has 0 bridgehead atoms. The summed E-state index contributed by atoms with van der Waals surface area (Å²) in [6, 6.07) is 22.9. The summed E-state index contributed by atoms with van der Waals surface area (Å²) >= 11 is 7.21. The number of alkyl halides is 3. The van der Waals surface area contributed by atoms with Gasteiger partial charge in [-0.25, -0.2) is 0 Å². The Kier molecular flexibility index (Phi) is 6.01. The molecule has 0 spiro atoms. The highest BCUT2D eigenvalue weighted by Crippen LogP contribution is 2.46. The normalized spacial score (nSPS) is 12.9. The van der Waals surface area contributed by atoms with Gasteiger partial charge in [-0.15, -0.1) is 45.3 Å². The van der Waals surface area contributed by atoms with E-state index in [1.54, 1.807) is 22.7 Å². The molecule has 0 atom stereocenters. The van der Waals surface area contributed by atoms with Crippen molar-refractivity contribution in [1.29, 1.82) is 0 Å². The van der Waals surface area contributed by atoms with Crippen LogP contribution in [-0.2, 0) is 6.18 Å². The van der Waals surface area contributed by atoms with Gasteiger partial charge in [-0.1, -0.05) is 54.1 Å². The van der Waals surface area contributed by atoms with Crippen LogP contribution in [0.25, 0.3) is 63.3 Å². The molecule has 0 fully saturated rings. The van der Waals surface area contributed by atoms with E-state index in [1.165, 1.54) is 67.1 Å². The summed E-state index contributed by atoms with van der Waals surface area (Å²) in [5.74, 6) is 0. The molecule has 7 aromatic rings. The number of benzene rings is 3. The Morgan fingerprint density at radius 1 is 0.538 bits per heavy atom. The summed E-state index contributed by atoms with van der Waals surface area (Å²) in [5.41, 5.74) is 2.59. The van der Waals surface area contributed by atoms with Crippen LogP contribution in [-0.4, -0.2) is 0 Å². The van der Waals surface area contributed by atoms with Crippen LogP contribution >= 0.6 is 45.3 Å². The number of aryl methyl sites for hydroxylation is 1. The van der Waals surface area contributed by atoms with Crippen molar-refractivity contribution in [2.75, 3.05) is 0 Å². The summed E-state index contributed by atoms with van der Waals surface area (Å²) in [7, 11) is 0.